The zero-order valence-corrected chi connectivity index (χ0v) is 13.1. The van der Waals surface area contributed by atoms with Crippen LogP contribution in [0.15, 0.2) is 47.0 Å². The molecule has 6 nitrogen and oxygen atoms in total. The predicted octanol–water partition coefficient (Wildman–Crippen LogP) is 3.27. The lowest BCUT2D eigenvalue weighted by Crippen LogP contribution is -2.05. The number of nitrogens with zero attached hydrogens (tertiary/aromatic N) is 3. The molecule has 0 aliphatic carbocycles. The first-order chi connectivity index (χ1) is 11.2. The fraction of sp³-hybridized carbons (Fsp3) is 0.235. The van der Waals surface area contributed by atoms with E-state index in [1.165, 1.54) is 0 Å². The van der Waals surface area contributed by atoms with E-state index < -0.39 is 0 Å². The number of ether oxygens (including phenoxy) is 1. The van der Waals surface area contributed by atoms with Gasteiger partial charge in [0.2, 0.25) is 17.7 Å². The molecule has 2 heterocycles. The molecule has 6 heteroatoms. The fourth-order valence-corrected chi connectivity index (χ4v) is 2.01. The van der Waals surface area contributed by atoms with E-state index in [0.717, 1.165) is 17.0 Å². The van der Waals surface area contributed by atoms with Crippen molar-refractivity contribution in [2.75, 3.05) is 5.32 Å². The molecule has 0 unspecified atom stereocenters. The first-order valence-electron chi connectivity index (χ1n) is 7.37. The predicted molar refractivity (Wildman–Crippen MR) is 86.1 cm³/mol. The Bertz CT molecular complexity index is 752. The zero-order valence-electron chi connectivity index (χ0n) is 13.1. The lowest BCUT2D eigenvalue weighted by atomic mass is 10.2. The Hall–Kier alpha value is -2.89. The topological polar surface area (TPSA) is 73.1 Å². The van der Waals surface area contributed by atoms with E-state index in [1.807, 2.05) is 44.2 Å². The maximum atomic E-state index is 5.68. The number of hydrogen-bond acceptors (Lipinski definition) is 6. The van der Waals surface area contributed by atoms with E-state index in [2.05, 4.69) is 20.3 Å². The molecule has 3 rings (SSSR count). The Morgan fingerprint density at radius 2 is 1.91 bits per heavy atom. The molecule has 0 saturated carbocycles. The second-order valence-electron chi connectivity index (χ2n) is 5.10. The minimum absolute atomic E-state index is 0.427. The van der Waals surface area contributed by atoms with Gasteiger partial charge in [0.15, 0.2) is 0 Å². The van der Waals surface area contributed by atoms with E-state index in [1.54, 1.807) is 12.3 Å². The van der Waals surface area contributed by atoms with Crippen LogP contribution in [0.5, 0.6) is 5.88 Å². The molecule has 118 valence electrons. The molecular formula is C17H18N4O2. The quantitative estimate of drug-likeness (QED) is 0.753. The molecule has 3 aromatic rings. The molecule has 0 fully saturated rings. The third kappa shape index (κ3) is 4.06. The van der Waals surface area contributed by atoms with Crippen LogP contribution >= 0.6 is 0 Å². The van der Waals surface area contributed by atoms with E-state index in [-0.39, 0.29) is 0 Å². The van der Waals surface area contributed by atoms with Crippen LogP contribution in [-0.4, -0.2) is 15.0 Å². The van der Waals surface area contributed by atoms with Gasteiger partial charge in [-0.05, 0) is 19.4 Å². The number of benzene rings is 1. The highest BCUT2D eigenvalue weighted by atomic mass is 16.5. The van der Waals surface area contributed by atoms with Crippen molar-refractivity contribution in [3.05, 3.63) is 65.5 Å². The number of anilines is 1. The van der Waals surface area contributed by atoms with Gasteiger partial charge in [0.1, 0.15) is 12.4 Å². The van der Waals surface area contributed by atoms with Gasteiger partial charge >= 0.3 is 0 Å². The van der Waals surface area contributed by atoms with Gasteiger partial charge < -0.3 is 14.5 Å². The number of aromatic nitrogens is 3. The van der Waals surface area contributed by atoms with Crippen molar-refractivity contribution in [2.45, 2.75) is 27.0 Å². The zero-order chi connectivity index (χ0) is 16.1. The monoisotopic (exact) mass is 310 g/mol. The molecule has 1 aromatic carbocycles. The van der Waals surface area contributed by atoms with E-state index in [4.69, 9.17) is 9.15 Å². The van der Waals surface area contributed by atoms with Crippen molar-refractivity contribution in [2.24, 2.45) is 0 Å². The molecule has 1 N–H and O–H groups in total. The smallest absolute Gasteiger partial charge is 0.226 e. The second kappa shape index (κ2) is 6.91. The Morgan fingerprint density at radius 1 is 1.09 bits per heavy atom. The third-order valence-corrected chi connectivity index (χ3v) is 3.33. The largest absolute Gasteiger partial charge is 0.473 e. The standard InChI is InChI=1S/C17H18N4O2/c1-12-13(2)23-16(20-12)10-19-17-18-9-8-15(21-17)22-11-14-6-4-3-5-7-14/h3-9H,10-11H2,1-2H3,(H,18,19,21). The number of aryl methyl sites for hydroxylation is 2. The van der Waals surface area contributed by atoms with Gasteiger partial charge in [0, 0.05) is 12.3 Å². The minimum atomic E-state index is 0.427. The highest BCUT2D eigenvalue weighted by Gasteiger charge is 2.06. The van der Waals surface area contributed by atoms with Gasteiger partial charge in [0.25, 0.3) is 0 Å². The lowest BCUT2D eigenvalue weighted by molar-refractivity contribution is 0.293. The summed E-state index contributed by atoms with van der Waals surface area (Å²) in [7, 11) is 0. The summed E-state index contributed by atoms with van der Waals surface area (Å²) in [5.41, 5.74) is 1.98. The summed E-state index contributed by atoms with van der Waals surface area (Å²) in [5.74, 6) is 2.43. The van der Waals surface area contributed by atoms with Crippen LogP contribution in [0.25, 0.3) is 0 Å². The van der Waals surface area contributed by atoms with Gasteiger partial charge in [-0.3, -0.25) is 0 Å². The number of hydrogen-bond donors (Lipinski definition) is 1. The molecule has 0 aliphatic heterocycles. The molecule has 0 aliphatic rings. The van der Waals surface area contributed by atoms with Crippen molar-refractivity contribution < 1.29 is 9.15 Å². The molecule has 0 amide bonds. The van der Waals surface area contributed by atoms with Gasteiger partial charge in [-0.25, -0.2) is 9.97 Å². The average Bonchev–Trinajstić information content (AvgIpc) is 2.91. The molecular weight excluding hydrogens is 292 g/mol. The van der Waals surface area contributed by atoms with Crippen LogP contribution in [-0.2, 0) is 13.2 Å². The number of rotatable bonds is 6. The summed E-state index contributed by atoms with van der Waals surface area (Å²) in [4.78, 5) is 12.8. The van der Waals surface area contributed by atoms with Gasteiger partial charge in [-0.15, -0.1) is 0 Å². The van der Waals surface area contributed by atoms with Crippen LogP contribution in [0, 0.1) is 13.8 Å². The number of oxazole rings is 1. The maximum Gasteiger partial charge on any atom is 0.226 e. The van der Waals surface area contributed by atoms with Crippen LogP contribution in [0.3, 0.4) is 0 Å². The normalized spacial score (nSPS) is 10.5. The van der Waals surface area contributed by atoms with Crippen molar-refractivity contribution >= 4 is 5.95 Å². The summed E-state index contributed by atoms with van der Waals surface area (Å²) < 4.78 is 11.2. The summed E-state index contributed by atoms with van der Waals surface area (Å²) in [6.07, 6.45) is 1.65. The second-order valence-corrected chi connectivity index (χ2v) is 5.10. The summed E-state index contributed by atoms with van der Waals surface area (Å²) >= 11 is 0. The minimum Gasteiger partial charge on any atom is -0.473 e. The van der Waals surface area contributed by atoms with Crippen molar-refractivity contribution in [3.63, 3.8) is 0 Å². The summed E-state index contributed by atoms with van der Waals surface area (Å²) in [6, 6.07) is 11.7. The highest BCUT2D eigenvalue weighted by Crippen LogP contribution is 2.13. The Kier molecular flexibility index (Phi) is 4.52. The van der Waals surface area contributed by atoms with Crippen molar-refractivity contribution in [3.8, 4) is 5.88 Å². The third-order valence-electron chi connectivity index (χ3n) is 3.33. The fourth-order valence-electron chi connectivity index (χ4n) is 2.01. The molecule has 0 radical (unpaired) electrons. The van der Waals surface area contributed by atoms with Gasteiger partial charge in [-0.1, -0.05) is 30.3 Å². The molecule has 0 spiro atoms. The first kappa shape index (κ1) is 15.0. The van der Waals surface area contributed by atoms with Gasteiger partial charge in [-0.2, -0.15) is 4.98 Å². The van der Waals surface area contributed by atoms with E-state index >= 15 is 0 Å². The van der Waals surface area contributed by atoms with Crippen molar-refractivity contribution in [1.82, 2.24) is 15.0 Å². The van der Waals surface area contributed by atoms with Gasteiger partial charge in [0.05, 0.1) is 12.2 Å². The summed E-state index contributed by atoms with van der Waals surface area (Å²) in [6.45, 7) is 4.70. The molecule has 23 heavy (non-hydrogen) atoms. The molecule has 0 bridgehead atoms. The molecule has 2 aromatic heterocycles. The average molecular weight is 310 g/mol. The lowest BCUT2D eigenvalue weighted by Gasteiger charge is -2.07. The van der Waals surface area contributed by atoms with E-state index in [9.17, 15) is 0 Å². The van der Waals surface area contributed by atoms with Crippen LogP contribution in [0.2, 0.25) is 0 Å². The number of nitrogens with one attached hydrogen (secondary N) is 1. The van der Waals surface area contributed by atoms with Crippen molar-refractivity contribution in [1.29, 1.82) is 0 Å². The molecule has 0 atom stereocenters. The SMILES string of the molecule is Cc1nc(CNc2nccc(OCc3ccccc3)n2)oc1C. The summed E-state index contributed by atoms with van der Waals surface area (Å²) in [5, 5.41) is 3.08. The van der Waals surface area contributed by atoms with E-state index in [0.29, 0.717) is 30.9 Å². The van der Waals surface area contributed by atoms with Crippen LogP contribution < -0.4 is 10.1 Å². The Balaban J connectivity index is 1.58. The van der Waals surface area contributed by atoms with Crippen LogP contribution in [0.4, 0.5) is 5.95 Å². The maximum absolute atomic E-state index is 5.68. The molecule has 0 saturated heterocycles. The first-order valence-corrected chi connectivity index (χ1v) is 7.37. The Labute approximate surface area is 134 Å². The Morgan fingerprint density at radius 3 is 2.65 bits per heavy atom. The highest BCUT2D eigenvalue weighted by molar-refractivity contribution is 5.28. The van der Waals surface area contributed by atoms with Crippen LogP contribution in [0.1, 0.15) is 22.9 Å².